The molecule has 2 unspecified atom stereocenters. The predicted octanol–water partition coefficient (Wildman–Crippen LogP) is 3.38. The normalized spacial score (nSPS) is 24.5. The van der Waals surface area contributed by atoms with Gasteiger partial charge in [0.25, 0.3) is 14.1 Å². The Labute approximate surface area is 196 Å². The van der Waals surface area contributed by atoms with E-state index in [1.807, 2.05) is 6.92 Å². The molecule has 0 spiro atoms. The van der Waals surface area contributed by atoms with Crippen LogP contribution >= 0.6 is 8.53 Å². The number of rotatable bonds is 10. The van der Waals surface area contributed by atoms with Crippen LogP contribution in [-0.2, 0) is 13.8 Å². The first kappa shape index (κ1) is 24.0. The third-order valence-corrected chi connectivity index (χ3v) is 7.65. The Bertz CT molecular complexity index is 1050. The Kier molecular flexibility index (Phi) is 7.94. The van der Waals surface area contributed by atoms with E-state index in [9.17, 15) is 4.79 Å². The molecule has 3 heterocycles. The van der Waals surface area contributed by atoms with Crippen LogP contribution in [0.5, 0.6) is 0 Å². The lowest BCUT2D eigenvalue weighted by molar-refractivity contribution is -0.0265. The zero-order chi connectivity index (χ0) is 25.0. The molecule has 12 heteroatoms. The first-order chi connectivity index (χ1) is 16.2. The van der Waals surface area contributed by atoms with Crippen LogP contribution in [0.2, 0.25) is 0 Å². The van der Waals surface area contributed by atoms with Crippen molar-refractivity contribution in [3.05, 3.63) is 16.7 Å². The summed E-state index contributed by atoms with van der Waals surface area (Å²) < 4.78 is 30.8. The van der Waals surface area contributed by atoms with E-state index in [1.165, 1.54) is 6.33 Å². The number of aromatic nitrogens is 4. The van der Waals surface area contributed by atoms with E-state index in [1.54, 1.807) is 11.6 Å². The zero-order valence-electron chi connectivity index (χ0n) is 21.0. The average molecular weight is 481 g/mol. The molecule has 1 fully saturated rings. The van der Waals surface area contributed by atoms with Gasteiger partial charge in [0.05, 0.1) is 31.5 Å². The first-order valence-electron chi connectivity index (χ1n) is 11.8. The minimum absolute atomic E-state index is 0.0607. The summed E-state index contributed by atoms with van der Waals surface area (Å²) in [6.07, 6.45) is 0.266. The number of aromatic amines is 1. The molecular weight excluding hydrogens is 445 g/mol. The summed E-state index contributed by atoms with van der Waals surface area (Å²) in [6.45, 7) is 10.6. The van der Waals surface area contributed by atoms with E-state index in [0.29, 0.717) is 11.6 Å². The van der Waals surface area contributed by atoms with Gasteiger partial charge in [-0.15, -0.1) is 0 Å². The highest BCUT2D eigenvalue weighted by molar-refractivity contribution is 7.44. The Morgan fingerprint density at radius 2 is 2.18 bits per heavy atom. The van der Waals surface area contributed by atoms with E-state index < -0.39 is 20.9 Å². The van der Waals surface area contributed by atoms with Crippen molar-refractivity contribution in [1.82, 2.24) is 24.2 Å². The van der Waals surface area contributed by atoms with Gasteiger partial charge in [-0.05, 0) is 34.6 Å². The number of anilines is 1. The second-order valence-electron chi connectivity index (χ2n) is 8.53. The monoisotopic (exact) mass is 480 g/mol. The molecule has 3 rings (SSSR count). The average Bonchev–Trinajstić information content (AvgIpc) is 3.34. The molecule has 1 saturated heterocycles. The molecule has 1 aliphatic rings. The Morgan fingerprint density at radius 1 is 1.45 bits per heavy atom. The number of ether oxygens (including phenoxy) is 1. The molecule has 0 saturated carbocycles. The van der Waals surface area contributed by atoms with Crippen LogP contribution in [-0.4, -0.2) is 62.1 Å². The highest BCUT2D eigenvalue weighted by atomic mass is 31.2. The van der Waals surface area contributed by atoms with E-state index in [0.717, 1.165) is 0 Å². The van der Waals surface area contributed by atoms with Crippen LogP contribution in [0.4, 0.5) is 5.95 Å². The summed E-state index contributed by atoms with van der Waals surface area (Å²) in [5.41, 5.74) is 0.201. The van der Waals surface area contributed by atoms with Crippen LogP contribution in [0.25, 0.3) is 11.2 Å². The van der Waals surface area contributed by atoms with Crippen LogP contribution in [0, 0.1) is 17.2 Å². The molecule has 0 aromatic carbocycles. The molecule has 2 N–H and O–H groups in total. The maximum absolute atomic E-state index is 12.5. The lowest BCUT2D eigenvalue weighted by atomic mass is 10.0. The second-order valence-corrected chi connectivity index (χ2v) is 9.94. The van der Waals surface area contributed by atoms with Gasteiger partial charge in [0.15, 0.2) is 17.4 Å². The maximum atomic E-state index is 12.5. The Hall–Kier alpha value is -2.09. The lowest BCUT2D eigenvalue weighted by Gasteiger charge is -2.38. The van der Waals surface area contributed by atoms with Gasteiger partial charge in [0.1, 0.15) is 6.10 Å². The van der Waals surface area contributed by atoms with Crippen molar-refractivity contribution >= 4 is 25.6 Å². The summed E-state index contributed by atoms with van der Waals surface area (Å²) >= 11 is 0. The molecule has 33 heavy (non-hydrogen) atoms. The summed E-state index contributed by atoms with van der Waals surface area (Å²) in [7, 11) is 0.135. The van der Waals surface area contributed by atoms with Gasteiger partial charge in [-0.3, -0.25) is 14.3 Å². The SMILES string of the molecule is [2H]C[C@H]1O[C@@H](n2cnc3c(=O)[nH]c(NC)nc32)C(OP(OCCC#N)N(C(C)C)C(C)C)[C@H]1C. The molecule has 0 radical (unpaired) electrons. The van der Waals surface area contributed by atoms with E-state index in [-0.39, 0.29) is 55.1 Å². The maximum Gasteiger partial charge on any atom is 0.280 e. The summed E-state index contributed by atoms with van der Waals surface area (Å²) in [4.78, 5) is 23.8. The van der Waals surface area contributed by atoms with Gasteiger partial charge in [0.2, 0.25) is 5.95 Å². The van der Waals surface area contributed by atoms with Crippen molar-refractivity contribution in [2.75, 3.05) is 19.0 Å². The summed E-state index contributed by atoms with van der Waals surface area (Å²) in [5.74, 6) is 0.184. The number of nitrogens with one attached hydrogen (secondary N) is 2. The molecule has 11 nitrogen and oxygen atoms in total. The van der Waals surface area contributed by atoms with Crippen molar-refractivity contribution in [2.45, 2.75) is 78.5 Å². The van der Waals surface area contributed by atoms with Crippen LogP contribution < -0.4 is 10.9 Å². The molecule has 2 aromatic heterocycles. The van der Waals surface area contributed by atoms with E-state index in [4.69, 9.17) is 20.4 Å². The smallest absolute Gasteiger partial charge is 0.280 e. The lowest BCUT2D eigenvalue weighted by Crippen LogP contribution is -2.36. The molecule has 0 bridgehead atoms. The van der Waals surface area contributed by atoms with Gasteiger partial charge < -0.3 is 19.1 Å². The van der Waals surface area contributed by atoms with Gasteiger partial charge in [0, 0.05) is 26.4 Å². The van der Waals surface area contributed by atoms with Crippen molar-refractivity contribution in [1.29, 1.82) is 5.26 Å². The largest absolute Gasteiger partial charge is 0.359 e. The molecule has 1 aliphatic heterocycles. The topological polar surface area (TPSA) is 130 Å². The number of hydrogen-bond donors (Lipinski definition) is 2. The highest BCUT2D eigenvalue weighted by Crippen LogP contribution is 2.51. The number of imidazole rings is 1. The van der Waals surface area contributed by atoms with Crippen molar-refractivity contribution < 1.29 is 15.2 Å². The van der Waals surface area contributed by atoms with E-state index in [2.05, 4.69) is 58.7 Å². The van der Waals surface area contributed by atoms with E-state index >= 15 is 0 Å². The number of nitriles is 1. The van der Waals surface area contributed by atoms with Gasteiger partial charge in [-0.25, -0.2) is 9.65 Å². The number of H-pyrrole nitrogens is 1. The third-order valence-electron chi connectivity index (χ3n) is 5.52. The fourth-order valence-corrected chi connectivity index (χ4v) is 5.66. The molecule has 0 aliphatic carbocycles. The van der Waals surface area contributed by atoms with Crippen LogP contribution in [0.3, 0.4) is 0 Å². The first-order valence-corrected chi connectivity index (χ1v) is 12.2. The van der Waals surface area contributed by atoms with Crippen LogP contribution in [0.1, 0.15) is 55.5 Å². The van der Waals surface area contributed by atoms with Gasteiger partial charge in [-0.2, -0.15) is 10.2 Å². The van der Waals surface area contributed by atoms with Crippen molar-refractivity contribution in [3.63, 3.8) is 0 Å². The predicted molar refractivity (Wildman–Crippen MR) is 127 cm³/mol. The molecule has 5 atom stereocenters. The number of nitrogens with zero attached hydrogens (tertiary/aromatic N) is 5. The minimum Gasteiger partial charge on any atom is -0.359 e. The molecular formula is C21H34N7O4P. The van der Waals surface area contributed by atoms with Crippen molar-refractivity contribution in [3.8, 4) is 6.07 Å². The number of fused-ring (bicyclic) bond motifs is 1. The fraction of sp³-hybridized carbons (Fsp3) is 0.714. The summed E-state index contributed by atoms with van der Waals surface area (Å²) in [6, 6.07) is 2.39. The quantitative estimate of drug-likeness (QED) is 0.388. The van der Waals surface area contributed by atoms with Gasteiger partial charge in [-0.1, -0.05) is 6.92 Å². The number of hydrogen-bond acceptors (Lipinski definition) is 9. The standard InChI is InChI=1S/C21H34N7O4P/c1-12(2)28(13(3)4)33(30-10-8-9-22)32-17-14(5)15(6)31-20(17)27-11-24-16-18(27)25-21(23-7)26-19(16)29/h11-15,17,20H,8,10H2,1-7H3,(H2,23,25,26,29)/t14-,15+,17?,20+,33?/m0/s1/i6D. The van der Waals surface area contributed by atoms with Gasteiger partial charge >= 0.3 is 0 Å². The molecule has 182 valence electrons. The van der Waals surface area contributed by atoms with Crippen molar-refractivity contribution in [2.24, 2.45) is 5.92 Å². The van der Waals surface area contributed by atoms with Crippen LogP contribution in [0.15, 0.2) is 11.1 Å². The minimum atomic E-state index is -1.53. The molecule has 2 aromatic rings. The highest BCUT2D eigenvalue weighted by Gasteiger charge is 2.45. The Morgan fingerprint density at radius 3 is 2.79 bits per heavy atom. The third kappa shape index (κ3) is 5.36. The Balaban J connectivity index is 2.01. The zero-order valence-corrected chi connectivity index (χ0v) is 20.9. The summed E-state index contributed by atoms with van der Waals surface area (Å²) in [5, 5.41) is 11.8. The fourth-order valence-electron chi connectivity index (χ4n) is 3.85. The second kappa shape index (κ2) is 10.9. The molecule has 0 amide bonds.